The van der Waals surface area contributed by atoms with Crippen LogP contribution in [0.3, 0.4) is 0 Å². The summed E-state index contributed by atoms with van der Waals surface area (Å²) in [5, 5.41) is 8.56. The smallest absolute Gasteiger partial charge is 0.276 e. The van der Waals surface area contributed by atoms with E-state index < -0.39 is 0 Å². The van der Waals surface area contributed by atoms with Gasteiger partial charge in [0.2, 0.25) is 0 Å². The van der Waals surface area contributed by atoms with Crippen molar-refractivity contribution in [2.45, 2.75) is 12.1 Å². The summed E-state index contributed by atoms with van der Waals surface area (Å²) in [7, 11) is 0. The molecule has 0 unspecified atom stereocenters. The van der Waals surface area contributed by atoms with E-state index in [9.17, 15) is 0 Å². The van der Waals surface area contributed by atoms with Crippen LogP contribution >= 0.6 is 27.7 Å². The first-order valence-electron chi connectivity index (χ1n) is 6.61. The fourth-order valence-corrected chi connectivity index (χ4v) is 2.78. The molecule has 0 saturated heterocycles. The highest BCUT2D eigenvalue weighted by molar-refractivity contribution is 9.10. The Hall–Kier alpha value is -1.73. The summed E-state index contributed by atoms with van der Waals surface area (Å²) in [5.74, 6) is 2.79. The van der Waals surface area contributed by atoms with Crippen LogP contribution in [-0.2, 0) is 0 Å². The van der Waals surface area contributed by atoms with Gasteiger partial charge in [-0.15, -0.1) is 10.2 Å². The Morgan fingerprint density at radius 2 is 2.18 bits per heavy atom. The number of aryl methyl sites for hydroxylation is 1. The van der Waals surface area contributed by atoms with E-state index in [2.05, 4.69) is 26.1 Å². The number of rotatable bonds is 6. The molecule has 114 valence electrons. The second-order valence-corrected chi connectivity index (χ2v) is 6.38. The summed E-state index contributed by atoms with van der Waals surface area (Å²) in [4.78, 5) is 0. The van der Waals surface area contributed by atoms with Gasteiger partial charge < -0.3 is 13.6 Å². The van der Waals surface area contributed by atoms with Gasteiger partial charge in [0.15, 0.2) is 0 Å². The van der Waals surface area contributed by atoms with E-state index in [1.807, 2.05) is 37.3 Å². The molecule has 0 amide bonds. The molecular weight excluding hydrogens is 368 g/mol. The molecule has 0 atom stereocenters. The first kappa shape index (κ1) is 15.2. The van der Waals surface area contributed by atoms with Gasteiger partial charge in [0, 0.05) is 10.2 Å². The fourth-order valence-electron chi connectivity index (χ4n) is 1.83. The number of benzene rings is 1. The lowest BCUT2D eigenvalue weighted by atomic mass is 10.3. The van der Waals surface area contributed by atoms with E-state index in [-0.39, 0.29) is 0 Å². The van der Waals surface area contributed by atoms with Gasteiger partial charge in [-0.05, 0) is 31.2 Å². The van der Waals surface area contributed by atoms with Crippen molar-refractivity contribution in [2.75, 3.05) is 12.4 Å². The van der Waals surface area contributed by atoms with Gasteiger partial charge in [-0.2, -0.15) is 0 Å². The third-order valence-corrected chi connectivity index (χ3v) is 4.15. The number of halogens is 1. The molecule has 0 saturated carbocycles. The summed E-state index contributed by atoms with van der Waals surface area (Å²) >= 11 is 4.87. The van der Waals surface area contributed by atoms with Gasteiger partial charge in [-0.25, -0.2) is 0 Å². The first-order chi connectivity index (χ1) is 10.7. The lowest BCUT2D eigenvalue weighted by Crippen LogP contribution is -1.99. The zero-order valence-electron chi connectivity index (χ0n) is 11.8. The van der Waals surface area contributed by atoms with Gasteiger partial charge >= 0.3 is 0 Å². The number of hydrogen-bond donors (Lipinski definition) is 0. The SMILES string of the molecule is Cc1occc1-c1nnc(SCCOc2cccc(Br)c2)o1. The predicted molar refractivity (Wildman–Crippen MR) is 87.1 cm³/mol. The van der Waals surface area contributed by atoms with Crippen molar-refractivity contribution in [3.8, 4) is 17.2 Å². The molecule has 2 aromatic heterocycles. The minimum atomic E-state index is 0.474. The number of aromatic nitrogens is 2. The van der Waals surface area contributed by atoms with E-state index in [1.54, 1.807) is 6.26 Å². The Morgan fingerprint density at radius 3 is 2.95 bits per heavy atom. The topological polar surface area (TPSA) is 61.3 Å². The van der Waals surface area contributed by atoms with Crippen LogP contribution in [0.25, 0.3) is 11.5 Å². The van der Waals surface area contributed by atoms with Gasteiger partial charge in [-0.1, -0.05) is 33.8 Å². The van der Waals surface area contributed by atoms with E-state index in [1.165, 1.54) is 11.8 Å². The maximum absolute atomic E-state index is 5.65. The third kappa shape index (κ3) is 3.72. The van der Waals surface area contributed by atoms with Crippen LogP contribution in [0.1, 0.15) is 5.76 Å². The number of nitrogens with zero attached hydrogens (tertiary/aromatic N) is 2. The predicted octanol–water partition coefficient (Wildman–Crippen LogP) is 4.57. The summed E-state index contributed by atoms with van der Waals surface area (Å²) < 4.78 is 17.5. The molecule has 0 bridgehead atoms. The van der Waals surface area contributed by atoms with E-state index in [4.69, 9.17) is 13.6 Å². The Labute approximate surface area is 140 Å². The molecular formula is C15H13BrN2O3S. The van der Waals surface area contributed by atoms with Gasteiger partial charge in [-0.3, -0.25) is 0 Å². The second-order valence-electron chi connectivity index (χ2n) is 4.42. The van der Waals surface area contributed by atoms with Gasteiger partial charge in [0.05, 0.1) is 18.4 Å². The minimum Gasteiger partial charge on any atom is -0.493 e. The normalized spacial score (nSPS) is 10.8. The van der Waals surface area contributed by atoms with Crippen LogP contribution in [0.4, 0.5) is 0 Å². The molecule has 0 aliphatic carbocycles. The monoisotopic (exact) mass is 380 g/mol. The summed E-state index contributed by atoms with van der Waals surface area (Å²) in [6.45, 7) is 2.42. The first-order valence-corrected chi connectivity index (χ1v) is 8.39. The Bertz CT molecular complexity index is 757. The molecule has 7 heteroatoms. The van der Waals surface area contributed by atoms with Gasteiger partial charge in [0.25, 0.3) is 11.1 Å². The van der Waals surface area contributed by atoms with Crippen LogP contribution in [-0.4, -0.2) is 22.6 Å². The molecule has 0 spiro atoms. The molecule has 2 heterocycles. The van der Waals surface area contributed by atoms with Crippen molar-refractivity contribution < 1.29 is 13.6 Å². The number of thioether (sulfide) groups is 1. The quantitative estimate of drug-likeness (QED) is 0.460. The average molecular weight is 381 g/mol. The van der Waals surface area contributed by atoms with E-state index in [0.29, 0.717) is 17.7 Å². The Morgan fingerprint density at radius 1 is 1.27 bits per heavy atom. The molecule has 22 heavy (non-hydrogen) atoms. The van der Waals surface area contributed by atoms with Crippen LogP contribution in [0.5, 0.6) is 5.75 Å². The molecule has 1 aromatic carbocycles. The lowest BCUT2D eigenvalue weighted by molar-refractivity contribution is 0.343. The van der Waals surface area contributed by atoms with Crippen LogP contribution in [0.2, 0.25) is 0 Å². The zero-order chi connectivity index (χ0) is 15.4. The molecule has 0 N–H and O–H groups in total. The number of ether oxygens (including phenoxy) is 1. The minimum absolute atomic E-state index is 0.474. The molecule has 5 nitrogen and oxygen atoms in total. The maximum atomic E-state index is 5.65. The standard InChI is InChI=1S/C15H13BrN2O3S/c1-10-13(5-6-19-10)14-17-18-15(21-14)22-8-7-20-12-4-2-3-11(16)9-12/h2-6,9H,7-8H2,1H3. The number of furan rings is 1. The zero-order valence-corrected chi connectivity index (χ0v) is 14.2. The second kappa shape index (κ2) is 7.02. The summed E-state index contributed by atoms with van der Waals surface area (Å²) in [6, 6.07) is 9.55. The molecule has 0 aliphatic rings. The molecule has 0 fully saturated rings. The highest BCUT2D eigenvalue weighted by Gasteiger charge is 2.13. The highest BCUT2D eigenvalue weighted by atomic mass is 79.9. The van der Waals surface area contributed by atoms with Crippen LogP contribution in [0, 0.1) is 6.92 Å². The lowest BCUT2D eigenvalue weighted by Gasteiger charge is -2.04. The van der Waals surface area contributed by atoms with Crippen LogP contribution < -0.4 is 4.74 Å². The average Bonchev–Trinajstić information content (AvgIpc) is 3.12. The summed E-state index contributed by atoms with van der Waals surface area (Å²) in [5.41, 5.74) is 0.824. The largest absolute Gasteiger partial charge is 0.493 e. The number of hydrogen-bond acceptors (Lipinski definition) is 6. The van der Waals surface area contributed by atoms with Crippen molar-refractivity contribution >= 4 is 27.7 Å². The van der Waals surface area contributed by atoms with Gasteiger partial charge in [0.1, 0.15) is 11.5 Å². The molecule has 3 rings (SSSR count). The van der Waals surface area contributed by atoms with Crippen molar-refractivity contribution in [3.63, 3.8) is 0 Å². The van der Waals surface area contributed by atoms with Crippen molar-refractivity contribution in [3.05, 3.63) is 46.8 Å². The van der Waals surface area contributed by atoms with Crippen molar-refractivity contribution in [2.24, 2.45) is 0 Å². The van der Waals surface area contributed by atoms with E-state index >= 15 is 0 Å². The molecule has 0 aliphatic heterocycles. The Balaban J connectivity index is 1.50. The van der Waals surface area contributed by atoms with E-state index in [0.717, 1.165) is 27.3 Å². The van der Waals surface area contributed by atoms with Crippen molar-refractivity contribution in [1.82, 2.24) is 10.2 Å². The maximum Gasteiger partial charge on any atom is 0.276 e. The third-order valence-electron chi connectivity index (χ3n) is 2.87. The fraction of sp³-hybridized carbons (Fsp3) is 0.200. The van der Waals surface area contributed by atoms with Crippen molar-refractivity contribution in [1.29, 1.82) is 0 Å². The highest BCUT2D eigenvalue weighted by Crippen LogP contribution is 2.26. The van der Waals surface area contributed by atoms with Crippen LogP contribution in [0.15, 0.2) is 55.1 Å². The summed E-state index contributed by atoms with van der Waals surface area (Å²) in [6.07, 6.45) is 1.60. The molecule has 0 radical (unpaired) electrons. The molecule has 3 aromatic rings. The Kier molecular flexibility index (Phi) is 4.84.